The lowest BCUT2D eigenvalue weighted by Crippen LogP contribution is -2.51. The first-order chi connectivity index (χ1) is 17.8. The molecule has 3 atom stereocenters. The molecule has 2 aromatic rings. The Morgan fingerprint density at radius 2 is 1.76 bits per heavy atom. The van der Waals surface area contributed by atoms with Crippen LogP contribution in [0.5, 0.6) is 0 Å². The highest BCUT2D eigenvalue weighted by Crippen LogP contribution is 2.31. The van der Waals surface area contributed by atoms with Gasteiger partial charge in [-0.1, -0.05) is 6.07 Å². The molecule has 0 spiro atoms. The van der Waals surface area contributed by atoms with Crippen molar-refractivity contribution in [1.29, 1.82) is 0 Å². The van der Waals surface area contributed by atoms with Gasteiger partial charge in [-0.15, -0.1) is 11.8 Å². The number of thioether (sulfide) groups is 1. The van der Waals surface area contributed by atoms with Gasteiger partial charge < -0.3 is 15.5 Å². The number of carbonyl (C=O) groups excluding carboxylic acids is 2. The Kier molecular flexibility index (Phi) is 9.88. The summed E-state index contributed by atoms with van der Waals surface area (Å²) >= 11 is 1.51. The molecule has 2 aromatic carbocycles. The predicted octanol–water partition coefficient (Wildman–Crippen LogP) is 3.85. The molecular formula is C26H32F3N3O4S2. The first kappa shape index (κ1) is 30.0. The van der Waals surface area contributed by atoms with Crippen LogP contribution in [0.2, 0.25) is 0 Å². The van der Waals surface area contributed by atoms with Crippen LogP contribution in [0, 0.1) is 5.92 Å². The summed E-state index contributed by atoms with van der Waals surface area (Å²) in [6.45, 7) is -0.446. The van der Waals surface area contributed by atoms with E-state index in [2.05, 4.69) is 10.6 Å². The second-order valence-corrected chi connectivity index (χ2v) is 12.5. The zero-order valence-electron chi connectivity index (χ0n) is 21.4. The van der Waals surface area contributed by atoms with Gasteiger partial charge in [0.1, 0.15) is 0 Å². The number of benzene rings is 2. The molecule has 3 rings (SSSR count). The minimum Gasteiger partial charge on any atom is -0.352 e. The number of hydrogen-bond acceptors (Lipinski definition) is 6. The Morgan fingerprint density at radius 1 is 1.08 bits per heavy atom. The number of nitrogens with one attached hydrogen (secondary N) is 2. The quantitative estimate of drug-likeness (QED) is 0.444. The minimum atomic E-state index is -4.59. The third kappa shape index (κ3) is 7.97. The summed E-state index contributed by atoms with van der Waals surface area (Å²) in [5, 5.41) is 5.19. The fourth-order valence-electron chi connectivity index (χ4n) is 4.60. The second kappa shape index (κ2) is 12.5. The van der Waals surface area contributed by atoms with Crippen molar-refractivity contribution in [2.24, 2.45) is 5.92 Å². The van der Waals surface area contributed by atoms with E-state index in [4.69, 9.17) is 0 Å². The highest BCUT2D eigenvalue weighted by Gasteiger charge is 2.36. The minimum absolute atomic E-state index is 0.141. The molecular weight excluding hydrogens is 539 g/mol. The summed E-state index contributed by atoms with van der Waals surface area (Å²) < 4.78 is 65.2. The topological polar surface area (TPSA) is 95.6 Å². The molecule has 1 fully saturated rings. The molecule has 0 bridgehead atoms. The van der Waals surface area contributed by atoms with Crippen molar-refractivity contribution in [1.82, 2.24) is 15.5 Å². The smallest absolute Gasteiger partial charge is 0.352 e. The van der Waals surface area contributed by atoms with Crippen LogP contribution in [0.3, 0.4) is 0 Å². The standard InChI is InChI=1S/C26H32F3N3O4S2/c1-32(2)20-7-12-23(18(14-20)16-38(35,36)22-10-8-21(37-3)9-11-22)31-24(33)15-30-25(34)17-5-4-6-19(13-17)26(27,28)29/h4-6,8-11,13,18,20,23H,7,12,14-16H2,1-3H3,(H,30,34)(H,31,33)/t18-,20+,23+/m1/s1. The van der Waals surface area contributed by atoms with E-state index in [-0.39, 0.29) is 28.2 Å². The Labute approximate surface area is 225 Å². The summed E-state index contributed by atoms with van der Waals surface area (Å²) in [4.78, 5) is 28.2. The number of alkyl halides is 3. The van der Waals surface area contributed by atoms with E-state index in [1.54, 1.807) is 24.3 Å². The fourth-order valence-corrected chi connectivity index (χ4v) is 6.68. The summed E-state index contributed by atoms with van der Waals surface area (Å²) in [7, 11) is 0.239. The lowest BCUT2D eigenvalue weighted by atomic mass is 9.82. The second-order valence-electron chi connectivity index (χ2n) is 9.58. The van der Waals surface area contributed by atoms with Crippen molar-refractivity contribution in [3.63, 3.8) is 0 Å². The number of halogens is 3. The molecule has 0 saturated heterocycles. The van der Waals surface area contributed by atoms with Gasteiger partial charge in [0.25, 0.3) is 5.91 Å². The van der Waals surface area contributed by atoms with Crippen molar-refractivity contribution in [3.8, 4) is 0 Å². The van der Waals surface area contributed by atoms with E-state index in [0.717, 1.165) is 29.5 Å². The molecule has 0 heterocycles. The third-order valence-corrected chi connectivity index (χ3v) is 9.35. The number of carbonyl (C=O) groups is 2. The van der Waals surface area contributed by atoms with Crippen LogP contribution in [-0.4, -0.2) is 69.9 Å². The number of amides is 2. The molecule has 7 nitrogen and oxygen atoms in total. The van der Waals surface area contributed by atoms with Crippen LogP contribution in [0.15, 0.2) is 58.3 Å². The normalized spacial score (nSPS) is 20.2. The van der Waals surface area contributed by atoms with Crippen LogP contribution in [0.4, 0.5) is 13.2 Å². The van der Waals surface area contributed by atoms with Crippen molar-refractivity contribution in [2.45, 2.75) is 47.3 Å². The maximum atomic E-state index is 13.2. The number of sulfone groups is 1. The van der Waals surface area contributed by atoms with E-state index in [9.17, 15) is 31.2 Å². The zero-order chi connectivity index (χ0) is 28.1. The van der Waals surface area contributed by atoms with Crippen molar-refractivity contribution in [3.05, 3.63) is 59.7 Å². The molecule has 0 aromatic heterocycles. The Hall–Kier alpha value is -2.57. The zero-order valence-corrected chi connectivity index (χ0v) is 23.0. The van der Waals surface area contributed by atoms with E-state index in [0.29, 0.717) is 12.8 Å². The molecule has 0 aliphatic heterocycles. The molecule has 2 N–H and O–H groups in total. The lowest BCUT2D eigenvalue weighted by molar-refractivity contribution is -0.137. The fraction of sp³-hybridized carbons (Fsp3) is 0.462. The predicted molar refractivity (Wildman–Crippen MR) is 141 cm³/mol. The lowest BCUT2D eigenvalue weighted by Gasteiger charge is -2.39. The molecule has 0 radical (unpaired) electrons. The summed E-state index contributed by atoms with van der Waals surface area (Å²) in [6, 6.07) is 10.4. The highest BCUT2D eigenvalue weighted by molar-refractivity contribution is 7.98. The van der Waals surface area contributed by atoms with E-state index >= 15 is 0 Å². The van der Waals surface area contributed by atoms with Gasteiger partial charge >= 0.3 is 6.18 Å². The van der Waals surface area contributed by atoms with Gasteiger partial charge in [0, 0.05) is 22.5 Å². The van der Waals surface area contributed by atoms with Gasteiger partial charge in [0.05, 0.1) is 22.8 Å². The van der Waals surface area contributed by atoms with E-state index < -0.39 is 46.0 Å². The average Bonchev–Trinajstić information content (AvgIpc) is 2.87. The van der Waals surface area contributed by atoms with Crippen LogP contribution >= 0.6 is 11.8 Å². The van der Waals surface area contributed by atoms with Gasteiger partial charge in [-0.05, 0) is 88.0 Å². The number of rotatable bonds is 9. The highest BCUT2D eigenvalue weighted by atomic mass is 32.2. The summed E-state index contributed by atoms with van der Waals surface area (Å²) in [5.41, 5.74) is -1.17. The van der Waals surface area contributed by atoms with Crippen LogP contribution in [-0.2, 0) is 20.8 Å². The van der Waals surface area contributed by atoms with Gasteiger partial charge in [0.15, 0.2) is 9.84 Å². The number of hydrogen-bond donors (Lipinski definition) is 2. The Morgan fingerprint density at radius 3 is 2.37 bits per heavy atom. The summed E-state index contributed by atoms with van der Waals surface area (Å²) in [5.74, 6) is -1.84. The number of nitrogens with zero attached hydrogens (tertiary/aromatic N) is 1. The average molecular weight is 572 g/mol. The van der Waals surface area contributed by atoms with Gasteiger partial charge in [-0.3, -0.25) is 9.59 Å². The van der Waals surface area contributed by atoms with Crippen molar-refractivity contribution >= 4 is 33.4 Å². The molecule has 0 unspecified atom stereocenters. The first-order valence-electron chi connectivity index (χ1n) is 12.1. The maximum absolute atomic E-state index is 13.2. The maximum Gasteiger partial charge on any atom is 0.416 e. The third-order valence-electron chi connectivity index (χ3n) is 6.75. The molecule has 1 aliphatic carbocycles. The molecule has 2 amide bonds. The molecule has 12 heteroatoms. The van der Waals surface area contributed by atoms with Crippen molar-refractivity contribution in [2.75, 3.05) is 32.6 Å². The first-order valence-corrected chi connectivity index (χ1v) is 15.0. The molecule has 208 valence electrons. The van der Waals surface area contributed by atoms with Gasteiger partial charge in [0.2, 0.25) is 5.91 Å². The molecule has 1 saturated carbocycles. The summed E-state index contributed by atoms with van der Waals surface area (Å²) in [6.07, 6.45) is -0.806. The van der Waals surface area contributed by atoms with E-state index in [1.165, 1.54) is 17.8 Å². The van der Waals surface area contributed by atoms with Crippen LogP contribution in [0.1, 0.15) is 35.2 Å². The van der Waals surface area contributed by atoms with Crippen LogP contribution < -0.4 is 10.6 Å². The van der Waals surface area contributed by atoms with Gasteiger partial charge in [-0.2, -0.15) is 13.2 Å². The largest absolute Gasteiger partial charge is 0.416 e. The monoisotopic (exact) mass is 571 g/mol. The van der Waals surface area contributed by atoms with E-state index in [1.807, 2.05) is 25.3 Å². The van der Waals surface area contributed by atoms with Crippen molar-refractivity contribution < 1.29 is 31.2 Å². The molecule has 1 aliphatic rings. The Bertz CT molecular complexity index is 1240. The SMILES string of the molecule is CSc1ccc(S(=O)(=O)C[C@H]2C[C@@H](N(C)C)CC[C@@H]2NC(=O)CNC(=O)c2cccc(C(F)(F)F)c2)cc1. The Balaban J connectivity index is 1.66. The molecule has 38 heavy (non-hydrogen) atoms. The van der Waals surface area contributed by atoms with Gasteiger partial charge in [-0.25, -0.2) is 8.42 Å². The van der Waals surface area contributed by atoms with Crippen LogP contribution in [0.25, 0.3) is 0 Å².